The first kappa shape index (κ1) is 17.2. The van der Waals surface area contributed by atoms with Crippen LogP contribution in [0.5, 0.6) is 0 Å². The molecule has 7 heteroatoms. The van der Waals surface area contributed by atoms with Gasteiger partial charge in [-0.25, -0.2) is 9.97 Å². The summed E-state index contributed by atoms with van der Waals surface area (Å²) in [5.74, 6) is 0.491. The molecule has 132 valence electrons. The first-order valence-electron chi connectivity index (χ1n) is 8.10. The Kier molecular flexibility index (Phi) is 4.98. The van der Waals surface area contributed by atoms with E-state index in [0.29, 0.717) is 22.9 Å². The van der Waals surface area contributed by atoms with Gasteiger partial charge in [0.25, 0.3) is 5.91 Å². The zero-order valence-electron chi connectivity index (χ0n) is 14.6. The van der Waals surface area contributed by atoms with Gasteiger partial charge in [0.15, 0.2) is 11.6 Å². The third-order valence-electron chi connectivity index (χ3n) is 3.70. The van der Waals surface area contributed by atoms with Gasteiger partial charge in [-0.05, 0) is 49.2 Å². The molecule has 3 rings (SSSR count). The molecule has 3 aromatic rings. The van der Waals surface area contributed by atoms with Crippen molar-refractivity contribution in [2.45, 2.75) is 13.8 Å². The lowest BCUT2D eigenvalue weighted by Crippen LogP contribution is -2.30. The fourth-order valence-corrected chi connectivity index (χ4v) is 2.56. The number of anilines is 4. The second-order valence-electron chi connectivity index (χ2n) is 5.93. The van der Waals surface area contributed by atoms with Gasteiger partial charge in [0.2, 0.25) is 0 Å². The molecular weight excluding hydrogens is 328 g/mol. The molecule has 0 saturated carbocycles. The van der Waals surface area contributed by atoms with Crippen molar-refractivity contribution < 1.29 is 4.79 Å². The van der Waals surface area contributed by atoms with Gasteiger partial charge in [-0.2, -0.15) is 0 Å². The minimum absolute atomic E-state index is 0.285. The third-order valence-corrected chi connectivity index (χ3v) is 3.70. The quantitative estimate of drug-likeness (QED) is 0.528. The number of hydrazine groups is 1. The van der Waals surface area contributed by atoms with E-state index in [0.717, 1.165) is 16.8 Å². The van der Waals surface area contributed by atoms with Crippen molar-refractivity contribution in [1.82, 2.24) is 15.4 Å². The first-order chi connectivity index (χ1) is 12.5. The molecule has 1 heterocycles. The van der Waals surface area contributed by atoms with Crippen LogP contribution in [0.4, 0.5) is 23.0 Å². The largest absolute Gasteiger partial charge is 0.393 e. The van der Waals surface area contributed by atoms with Crippen molar-refractivity contribution in [2.24, 2.45) is 0 Å². The summed E-state index contributed by atoms with van der Waals surface area (Å²) in [6.07, 6.45) is 1.37. The van der Waals surface area contributed by atoms with E-state index in [1.165, 1.54) is 6.33 Å². The van der Waals surface area contributed by atoms with Gasteiger partial charge < -0.3 is 11.1 Å². The number of aromatic nitrogens is 2. The van der Waals surface area contributed by atoms with Crippen molar-refractivity contribution >= 4 is 28.9 Å². The zero-order valence-corrected chi connectivity index (χ0v) is 14.6. The highest BCUT2D eigenvalue weighted by Gasteiger charge is 2.10. The Balaban J connectivity index is 1.73. The summed E-state index contributed by atoms with van der Waals surface area (Å²) in [4.78, 5) is 20.4. The Labute approximate surface area is 151 Å². The topological polar surface area (TPSA) is 105 Å². The van der Waals surface area contributed by atoms with Gasteiger partial charge in [-0.1, -0.05) is 24.3 Å². The van der Waals surface area contributed by atoms with Crippen LogP contribution >= 0.6 is 0 Å². The normalized spacial score (nSPS) is 10.2. The van der Waals surface area contributed by atoms with Gasteiger partial charge >= 0.3 is 0 Å². The monoisotopic (exact) mass is 348 g/mol. The van der Waals surface area contributed by atoms with Gasteiger partial charge in [0.05, 0.1) is 0 Å². The highest BCUT2D eigenvalue weighted by molar-refractivity contribution is 5.95. The smallest absolute Gasteiger partial charge is 0.269 e. The number of carbonyl (C=O) groups excluding carboxylic acids is 1. The lowest BCUT2D eigenvalue weighted by Gasteiger charge is -2.14. The van der Waals surface area contributed by atoms with Crippen molar-refractivity contribution in [3.8, 4) is 0 Å². The highest BCUT2D eigenvalue weighted by Crippen LogP contribution is 2.26. The van der Waals surface area contributed by atoms with Gasteiger partial charge in [0.1, 0.15) is 12.0 Å². The number of carbonyl (C=O) groups is 1. The summed E-state index contributed by atoms with van der Waals surface area (Å²) < 4.78 is 0. The van der Waals surface area contributed by atoms with Crippen LogP contribution in [0.3, 0.4) is 0 Å². The predicted molar refractivity (Wildman–Crippen MR) is 103 cm³/mol. The molecular formula is C19H20N6O. The Morgan fingerprint density at radius 1 is 0.962 bits per heavy atom. The number of nitrogen functional groups attached to an aromatic ring is 1. The second kappa shape index (κ2) is 7.52. The van der Waals surface area contributed by atoms with Crippen LogP contribution in [0.15, 0.2) is 54.9 Å². The molecule has 0 aliphatic heterocycles. The van der Waals surface area contributed by atoms with Crippen LogP contribution in [0.2, 0.25) is 0 Å². The molecule has 0 spiro atoms. The highest BCUT2D eigenvalue weighted by atomic mass is 16.2. The van der Waals surface area contributed by atoms with E-state index in [1.807, 2.05) is 32.0 Å². The Bertz CT molecular complexity index is 906. The van der Waals surface area contributed by atoms with Crippen molar-refractivity contribution in [3.63, 3.8) is 0 Å². The van der Waals surface area contributed by atoms with E-state index in [4.69, 9.17) is 5.73 Å². The number of amides is 1. The second-order valence-corrected chi connectivity index (χ2v) is 5.93. The molecule has 0 aliphatic rings. The lowest BCUT2D eigenvalue weighted by atomic mass is 10.1. The van der Waals surface area contributed by atoms with Crippen LogP contribution < -0.4 is 21.9 Å². The molecule has 1 amide bonds. The Hall–Kier alpha value is -3.61. The molecule has 0 atom stereocenters. The number of benzene rings is 2. The number of nitrogens with one attached hydrogen (secondary N) is 3. The van der Waals surface area contributed by atoms with Crippen LogP contribution in [0, 0.1) is 13.8 Å². The van der Waals surface area contributed by atoms with E-state index >= 15 is 0 Å². The van der Waals surface area contributed by atoms with E-state index in [2.05, 4.69) is 32.2 Å². The molecule has 5 N–H and O–H groups in total. The number of rotatable bonds is 5. The number of hydrogen-bond acceptors (Lipinski definition) is 6. The summed E-state index contributed by atoms with van der Waals surface area (Å²) >= 11 is 0. The summed E-state index contributed by atoms with van der Waals surface area (Å²) in [6, 6.07) is 14.9. The minimum Gasteiger partial charge on any atom is -0.393 e. The molecule has 0 saturated heterocycles. The predicted octanol–water partition coefficient (Wildman–Crippen LogP) is 3.18. The molecule has 7 nitrogen and oxygen atoms in total. The maximum absolute atomic E-state index is 12.1. The average Bonchev–Trinajstić information content (AvgIpc) is 2.62. The molecule has 0 fully saturated rings. The fourth-order valence-electron chi connectivity index (χ4n) is 2.56. The standard InChI is InChI=1S/C19H20N6O/c1-12-8-13(2)10-15(9-12)23-17-16(20)18(22-11-21-17)24-25-19(26)14-6-4-3-5-7-14/h3-11H,20H2,1-2H3,(H,25,26)(H2,21,22,23,24). The summed E-state index contributed by atoms with van der Waals surface area (Å²) in [7, 11) is 0. The molecule has 26 heavy (non-hydrogen) atoms. The Morgan fingerprint density at radius 2 is 1.62 bits per heavy atom. The van der Waals surface area contributed by atoms with Crippen LogP contribution in [-0.4, -0.2) is 15.9 Å². The van der Waals surface area contributed by atoms with Crippen LogP contribution in [0.1, 0.15) is 21.5 Å². The SMILES string of the molecule is Cc1cc(C)cc(Nc2ncnc(NNC(=O)c3ccccc3)c2N)c1. The summed E-state index contributed by atoms with van der Waals surface area (Å²) in [6.45, 7) is 4.04. The third kappa shape index (κ3) is 4.07. The molecule has 0 radical (unpaired) electrons. The summed E-state index contributed by atoms with van der Waals surface area (Å²) in [5, 5.41) is 3.18. The van der Waals surface area contributed by atoms with Crippen molar-refractivity contribution in [1.29, 1.82) is 0 Å². The van der Waals surface area contributed by atoms with E-state index in [-0.39, 0.29) is 5.91 Å². The number of nitrogens with two attached hydrogens (primary N) is 1. The molecule has 2 aromatic carbocycles. The number of nitrogens with zero attached hydrogens (tertiary/aromatic N) is 2. The molecule has 0 aliphatic carbocycles. The van der Waals surface area contributed by atoms with Crippen LogP contribution in [-0.2, 0) is 0 Å². The van der Waals surface area contributed by atoms with Gasteiger partial charge in [0, 0.05) is 11.3 Å². The minimum atomic E-state index is -0.285. The molecule has 1 aromatic heterocycles. The van der Waals surface area contributed by atoms with Gasteiger partial charge in [-0.3, -0.25) is 15.6 Å². The maximum atomic E-state index is 12.1. The average molecular weight is 348 g/mol. The zero-order chi connectivity index (χ0) is 18.5. The van der Waals surface area contributed by atoms with Crippen LogP contribution in [0.25, 0.3) is 0 Å². The van der Waals surface area contributed by atoms with Crippen molar-refractivity contribution in [2.75, 3.05) is 16.5 Å². The molecule has 0 bridgehead atoms. The maximum Gasteiger partial charge on any atom is 0.269 e. The van der Waals surface area contributed by atoms with Crippen molar-refractivity contribution in [3.05, 3.63) is 71.5 Å². The molecule has 0 unspecified atom stereocenters. The summed E-state index contributed by atoms with van der Waals surface area (Å²) in [5.41, 5.74) is 15.4. The Morgan fingerprint density at radius 3 is 2.31 bits per heavy atom. The fraction of sp³-hybridized carbons (Fsp3) is 0.105. The first-order valence-corrected chi connectivity index (χ1v) is 8.10. The van der Waals surface area contributed by atoms with E-state index < -0.39 is 0 Å². The van der Waals surface area contributed by atoms with E-state index in [1.54, 1.807) is 24.3 Å². The van der Waals surface area contributed by atoms with E-state index in [9.17, 15) is 4.79 Å². The van der Waals surface area contributed by atoms with Gasteiger partial charge in [-0.15, -0.1) is 0 Å². The number of aryl methyl sites for hydroxylation is 2. The lowest BCUT2D eigenvalue weighted by molar-refractivity contribution is 0.0962. The number of hydrogen-bond donors (Lipinski definition) is 4.